The fourth-order valence-corrected chi connectivity index (χ4v) is 1.37. The number of rotatable bonds is 7. The third-order valence-corrected chi connectivity index (χ3v) is 2.14. The molecule has 0 aliphatic heterocycles. The minimum absolute atomic E-state index is 0.0150. The Morgan fingerprint density at radius 1 is 1.56 bits per heavy atom. The minimum Gasteiger partial charge on any atom is -0.480 e. The molecule has 0 unspecified atom stereocenters. The number of nitrogens with one attached hydrogen (secondary N) is 1. The highest BCUT2D eigenvalue weighted by Gasteiger charge is 2.12. The minimum atomic E-state index is -1.04. The quantitative estimate of drug-likeness (QED) is 0.433. The van der Waals surface area contributed by atoms with Gasteiger partial charge < -0.3 is 15.2 Å². The van der Waals surface area contributed by atoms with E-state index in [0.29, 0.717) is 12.2 Å². The summed E-state index contributed by atoms with van der Waals surface area (Å²) in [7, 11) is 0. The Bertz CT molecular complexity index is 447. The summed E-state index contributed by atoms with van der Waals surface area (Å²) in [6, 6.07) is 4.75. The lowest BCUT2D eigenvalue weighted by Crippen LogP contribution is -2.14. The second kappa shape index (κ2) is 6.55. The first-order chi connectivity index (χ1) is 8.50. The van der Waals surface area contributed by atoms with Gasteiger partial charge in [-0.2, -0.15) is 0 Å². The molecular formula is C11H14N2O5. The predicted molar refractivity (Wildman–Crippen MR) is 64.8 cm³/mol. The van der Waals surface area contributed by atoms with Gasteiger partial charge in [0, 0.05) is 12.6 Å². The first-order valence-electron chi connectivity index (χ1n) is 5.29. The number of aryl methyl sites for hydroxylation is 1. The molecule has 98 valence electrons. The molecule has 0 saturated heterocycles. The largest absolute Gasteiger partial charge is 0.480 e. The van der Waals surface area contributed by atoms with Crippen molar-refractivity contribution in [2.75, 3.05) is 25.1 Å². The molecule has 0 fully saturated rings. The number of nitro groups is 1. The molecule has 0 aromatic heterocycles. The van der Waals surface area contributed by atoms with Crippen LogP contribution >= 0.6 is 0 Å². The Morgan fingerprint density at radius 2 is 2.28 bits per heavy atom. The van der Waals surface area contributed by atoms with Gasteiger partial charge in [0.1, 0.15) is 12.3 Å². The van der Waals surface area contributed by atoms with E-state index in [9.17, 15) is 14.9 Å². The number of carboxylic acid groups (broad SMARTS) is 1. The van der Waals surface area contributed by atoms with Crippen LogP contribution in [-0.4, -0.2) is 35.8 Å². The summed E-state index contributed by atoms with van der Waals surface area (Å²) in [4.78, 5) is 20.5. The Labute approximate surface area is 104 Å². The summed E-state index contributed by atoms with van der Waals surface area (Å²) in [6.07, 6.45) is 0. The zero-order valence-electron chi connectivity index (χ0n) is 9.88. The molecule has 1 aromatic carbocycles. The summed E-state index contributed by atoms with van der Waals surface area (Å²) < 4.78 is 4.82. The smallest absolute Gasteiger partial charge is 0.329 e. The molecule has 0 saturated carbocycles. The van der Waals surface area contributed by atoms with Crippen molar-refractivity contribution in [2.24, 2.45) is 0 Å². The lowest BCUT2D eigenvalue weighted by Gasteiger charge is -2.07. The van der Waals surface area contributed by atoms with Crippen LogP contribution in [0.25, 0.3) is 0 Å². The number of nitrogens with zero attached hydrogens (tertiary/aromatic N) is 1. The van der Waals surface area contributed by atoms with E-state index in [1.165, 1.54) is 6.07 Å². The van der Waals surface area contributed by atoms with Crippen molar-refractivity contribution in [2.45, 2.75) is 6.92 Å². The van der Waals surface area contributed by atoms with E-state index in [-0.39, 0.29) is 18.9 Å². The predicted octanol–water partition coefficient (Wildman–Crippen LogP) is 1.42. The number of carboxylic acids is 1. The summed E-state index contributed by atoms with van der Waals surface area (Å²) in [5.41, 5.74) is 1.28. The molecule has 0 amide bonds. The van der Waals surface area contributed by atoms with E-state index in [1.54, 1.807) is 12.1 Å². The van der Waals surface area contributed by atoms with Gasteiger partial charge in [-0.25, -0.2) is 4.79 Å². The molecule has 0 bridgehead atoms. The van der Waals surface area contributed by atoms with Gasteiger partial charge >= 0.3 is 5.97 Å². The molecule has 7 nitrogen and oxygen atoms in total. The summed E-state index contributed by atoms with van der Waals surface area (Å²) in [5, 5.41) is 22.0. The SMILES string of the molecule is Cc1ccc([N+](=O)[O-])c(NCCOCC(=O)O)c1. The Hall–Kier alpha value is -2.15. The molecule has 1 aromatic rings. The van der Waals surface area contributed by atoms with E-state index >= 15 is 0 Å². The number of hydrogen-bond acceptors (Lipinski definition) is 5. The zero-order chi connectivity index (χ0) is 13.5. The molecule has 7 heteroatoms. The fraction of sp³-hybridized carbons (Fsp3) is 0.364. The maximum atomic E-state index is 10.8. The average molecular weight is 254 g/mol. The van der Waals surface area contributed by atoms with Crippen molar-refractivity contribution < 1.29 is 19.6 Å². The molecule has 2 N–H and O–H groups in total. The van der Waals surface area contributed by atoms with Crippen molar-refractivity contribution in [3.8, 4) is 0 Å². The number of nitro benzene ring substituents is 1. The van der Waals surface area contributed by atoms with Crippen molar-refractivity contribution in [3.63, 3.8) is 0 Å². The van der Waals surface area contributed by atoms with Gasteiger partial charge in [-0.3, -0.25) is 10.1 Å². The van der Waals surface area contributed by atoms with Crippen LogP contribution in [0.5, 0.6) is 0 Å². The van der Waals surface area contributed by atoms with Gasteiger partial charge in [0.15, 0.2) is 0 Å². The Kier molecular flexibility index (Phi) is 5.06. The second-order valence-electron chi connectivity index (χ2n) is 3.65. The summed E-state index contributed by atoms with van der Waals surface area (Å²) >= 11 is 0. The first kappa shape index (κ1) is 13.9. The Balaban J connectivity index is 2.53. The monoisotopic (exact) mass is 254 g/mol. The molecule has 0 radical (unpaired) electrons. The van der Waals surface area contributed by atoms with Crippen LogP contribution in [0.1, 0.15) is 5.56 Å². The van der Waals surface area contributed by atoms with Crippen molar-refractivity contribution in [1.29, 1.82) is 0 Å². The van der Waals surface area contributed by atoms with Crippen LogP contribution < -0.4 is 5.32 Å². The highest BCUT2D eigenvalue weighted by molar-refractivity contribution is 5.68. The van der Waals surface area contributed by atoms with Gasteiger partial charge in [-0.15, -0.1) is 0 Å². The van der Waals surface area contributed by atoms with E-state index in [1.807, 2.05) is 6.92 Å². The van der Waals surface area contributed by atoms with Crippen LogP contribution in [0.4, 0.5) is 11.4 Å². The van der Waals surface area contributed by atoms with Crippen LogP contribution in [0.3, 0.4) is 0 Å². The third-order valence-electron chi connectivity index (χ3n) is 2.14. The van der Waals surface area contributed by atoms with Gasteiger partial charge in [-0.1, -0.05) is 6.07 Å². The highest BCUT2D eigenvalue weighted by atomic mass is 16.6. The zero-order valence-corrected chi connectivity index (χ0v) is 9.88. The normalized spacial score (nSPS) is 10.1. The lowest BCUT2D eigenvalue weighted by atomic mass is 10.2. The van der Waals surface area contributed by atoms with Crippen molar-refractivity contribution in [3.05, 3.63) is 33.9 Å². The molecule has 0 spiro atoms. The third kappa shape index (κ3) is 4.38. The van der Waals surface area contributed by atoms with Crippen LogP contribution in [0.15, 0.2) is 18.2 Å². The number of carbonyl (C=O) groups is 1. The van der Waals surface area contributed by atoms with Gasteiger partial charge in [0.05, 0.1) is 11.5 Å². The number of aliphatic carboxylic acids is 1. The summed E-state index contributed by atoms with van der Waals surface area (Å²) in [6.45, 7) is 1.92. The number of anilines is 1. The van der Waals surface area contributed by atoms with Gasteiger partial charge in [-0.05, 0) is 18.6 Å². The van der Waals surface area contributed by atoms with Crippen LogP contribution in [0.2, 0.25) is 0 Å². The van der Waals surface area contributed by atoms with E-state index in [4.69, 9.17) is 9.84 Å². The fourth-order valence-electron chi connectivity index (χ4n) is 1.37. The number of benzene rings is 1. The van der Waals surface area contributed by atoms with E-state index < -0.39 is 10.9 Å². The Morgan fingerprint density at radius 3 is 2.89 bits per heavy atom. The average Bonchev–Trinajstić information content (AvgIpc) is 2.27. The highest BCUT2D eigenvalue weighted by Crippen LogP contribution is 2.24. The maximum absolute atomic E-state index is 10.8. The van der Waals surface area contributed by atoms with Crippen molar-refractivity contribution in [1.82, 2.24) is 0 Å². The van der Waals surface area contributed by atoms with Crippen LogP contribution in [-0.2, 0) is 9.53 Å². The van der Waals surface area contributed by atoms with Gasteiger partial charge in [0.25, 0.3) is 5.69 Å². The van der Waals surface area contributed by atoms with Gasteiger partial charge in [0.2, 0.25) is 0 Å². The van der Waals surface area contributed by atoms with Crippen molar-refractivity contribution >= 4 is 17.3 Å². The number of ether oxygens (including phenoxy) is 1. The second-order valence-corrected chi connectivity index (χ2v) is 3.65. The summed E-state index contributed by atoms with van der Waals surface area (Å²) in [5.74, 6) is -1.04. The molecule has 18 heavy (non-hydrogen) atoms. The van der Waals surface area contributed by atoms with E-state index in [0.717, 1.165) is 5.56 Å². The standard InChI is InChI=1S/C11H14N2O5/c1-8-2-3-10(13(16)17)9(6-8)12-4-5-18-7-11(14)15/h2-3,6,12H,4-5,7H2,1H3,(H,14,15). The maximum Gasteiger partial charge on any atom is 0.329 e. The molecular weight excluding hydrogens is 240 g/mol. The number of hydrogen-bond donors (Lipinski definition) is 2. The molecule has 0 atom stereocenters. The molecule has 0 heterocycles. The lowest BCUT2D eigenvalue weighted by molar-refractivity contribution is -0.384. The molecule has 0 aliphatic carbocycles. The van der Waals surface area contributed by atoms with Crippen LogP contribution in [0, 0.1) is 17.0 Å². The molecule has 1 rings (SSSR count). The van der Waals surface area contributed by atoms with E-state index in [2.05, 4.69) is 5.32 Å². The topological polar surface area (TPSA) is 102 Å². The first-order valence-corrected chi connectivity index (χ1v) is 5.29. The molecule has 0 aliphatic rings.